The van der Waals surface area contributed by atoms with Crippen molar-refractivity contribution >= 4 is 5.96 Å². The fraction of sp³-hybridized carbons (Fsp3) is 0.714. The van der Waals surface area contributed by atoms with Crippen molar-refractivity contribution in [3.63, 3.8) is 0 Å². The Morgan fingerprint density at radius 1 is 1.48 bits per heavy atom. The standard InChI is InChI=1S/C14H26N6O/c1-12-13(11-18-19(12)2)10-17-14(15)16-4-3-5-20-6-8-21-9-7-20/h11H,3-10H2,1-2H3,(H3,15,16,17). The van der Waals surface area contributed by atoms with Crippen molar-refractivity contribution in [1.82, 2.24) is 20.0 Å². The number of nitrogens with one attached hydrogen (secondary N) is 1. The Morgan fingerprint density at radius 2 is 2.24 bits per heavy atom. The van der Waals surface area contributed by atoms with Crippen LogP contribution < -0.4 is 11.1 Å². The number of aryl methyl sites for hydroxylation is 1. The van der Waals surface area contributed by atoms with Crippen LogP contribution in [0.2, 0.25) is 0 Å². The van der Waals surface area contributed by atoms with Crippen LogP contribution in [0.3, 0.4) is 0 Å². The number of morpholine rings is 1. The van der Waals surface area contributed by atoms with Gasteiger partial charge in [0, 0.05) is 37.9 Å². The third-order valence-electron chi connectivity index (χ3n) is 3.82. The highest BCUT2D eigenvalue weighted by atomic mass is 16.5. The molecule has 0 saturated carbocycles. The topological polar surface area (TPSA) is 80.7 Å². The largest absolute Gasteiger partial charge is 0.379 e. The van der Waals surface area contributed by atoms with Gasteiger partial charge in [0.1, 0.15) is 0 Å². The van der Waals surface area contributed by atoms with E-state index < -0.39 is 0 Å². The van der Waals surface area contributed by atoms with E-state index in [1.54, 1.807) is 0 Å². The maximum atomic E-state index is 5.88. The molecule has 0 unspecified atom stereocenters. The molecule has 1 aromatic heterocycles. The SMILES string of the molecule is Cc1c(CN=C(N)NCCCN2CCOCC2)cnn1C. The zero-order chi connectivity index (χ0) is 15.1. The molecule has 0 aliphatic carbocycles. The van der Waals surface area contributed by atoms with Crippen LogP contribution in [0.5, 0.6) is 0 Å². The summed E-state index contributed by atoms with van der Waals surface area (Å²) in [6.45, 7) is 8.28. The highest BCUT2D eigenvalue weighted by Gasteiger charge is 2.09. The first kappa shape index (κ1) is 15.8. The number of hydrogen-bond acceptors (Lipinski definition) is 4. The van der Waals surface area contributed by atoms with Crippen LogP contribution >= 0.6 is 0 Å². The van der Waals surface area contributed by atoms with Gasteiger partial charge in [-0.1, -0.05) is 0 Å². The second-order valence-corrected chi connectivity index (χ2v) is 5.31. The highest BCUT2D eigenvalue weighted by Crippen LogP contribution is 2.06. The van der Waals surface area contributed by atoms with Gasteiger partial charge in [-0.15, -0.1) is 0 Å². The molecule has 118 valence electrons. The van der Waals surface area contributed by atoms with Crippen LogP contribution in [0, 0.1) is 6.92 Å². The van der Waals surface area contributed by atoms with E-state index in [-0.39, 0.29) is 0 Å². The molecule has 1 fully saturated rings. The quantitative estimate of drug-likeness (QED) is 0.433. The fourth-order valence-corrected chi connectivity index (χ4v) is 2.27. The lowest BCUT2D eigenvalue weighted by Crippen LogP contribution is -2.39. The number of ether oxygens (including phenoxy) is 1. The Kier molecular flexibility index (Phi) is 6.01. The third-order valence-corrected chi connectivity index (χ3v) is 3.82. The Balaban J connectivity index is 1.63. The first-order valence-corrected chi connectivity index (χ1v) is 7.48. The summed E-state index contributed by atoms with van der Waals surface area (Å²) in [5.41, 5.74) is 8.11. The lowest BCUT2D eigenvalue weighted by molar-refractivity contribution is 0.0376. The van der Waals surface area contributed by atoms with Crippen LogP contribution in [0.1, 0.15) is 17.7 Å². The second kappa shape index (κ2) is 7.99. The molecule has 0 bridgehead atoms. The van der Waals surface area contributed by atoms with Crippen LogP contribution in [0.15, 0.2) is 11.2 Å². The maximum Gasteiger partial charge on any atom is 0.188 e. The van der Waals surface area contributed by atoms with E-state index in [4.69, 9.17) is 10.5 Å². The van der Waals surface area contributed by atoms with Gasteiger partial charge in [-0.3, -0.25) is 9.58 Å². The molecule has 7 nitrogen and oxygen atoms in total. The molecule has 21 heavy (non-hydrogen) atoms. The van der Waals surface area contributed by atoms with Gasteiger partial charge in [-0.2, -0.15) is 5.10 Å². The van der Waals surface area contributed by atoms with Crippen molar-refractivity contribution in [2.45, 2.75) is 19.9 Å². The molecule has 0 spiro atoms. The molecule has 0 amide bonds. The van der Waals surface area contributed by atoms with E-state index in [9.17, 15) is 0 Å². The van der Waals surface area contributed by atoms with Gasteiger partial charge in [-0.05, 0) is 19.9 Å². The molecule has 0 radical (unpaired) electrons. The van der Waals surface area contributed by atoms with Gasteiger partial charge in [0.05, 0.1) is 26.0 Å². The maximum absolute atomic E-state index is 5.88. The molecule has 1 aliphatic heterocycles. The van der Waals surface area contributed by atoms with E-state index in [1.165, 1.54) is 0 Å². The zero-order valence-corrected chi connectivity index (χ0v) is 13.0. The fourth-order valence-electron chi connectivity index (χ4n) is 2.27. The van der Waals surface area contributed by atoms with E-state index in [0.717, 1.165) is 57.1 Å². The number of aliphatic imine (C=N–C) groups is 1. The molecule has 1 aromatic rings. The van der Waals surface area contributed by atoms with Gasteiger partial charge >= 0.3 is 0 Å². The Morgan fingerprint density at radius 3 is 2.90 bits per heavy atom. The normalized spacial score (nSPS) is 17.1. The highest BCUT2D eigenvalue weighted by molar-refractivity contribution is 5.77. The van der Waals surface area contributed by atoms with Gasteiger partial charge in [0.25, 0.3) is 0 Å². The predicted molar refractivity (Wildman–Crippen MR) is 83.2 cm³/mol. The van der Waals surface area contributed by atoms with E-state index in [1.807, 2.05) is 24.9 Å². The Bertz CT molecular complexity index is 464. The summed E-state index contributed by atoms with van der Waals surface area (Å²) >= 11 is 0. The van der Waals surface area contributed by atoms with Crippen molar-refractivity contribution in [1.29, 1.82) is 0 Å². The van der Waals surface area contributed by atoms with Gasteiger partial charge < -0.3 is 15.8 Å². The summed E-state index contributed by atoms with van der Waals surface area (Å²) in [4.78, 5) is 6.76. The smallest absolute Gasteiger partial charge is 0.188 e. The lowest BCUT2D eigenvalue weighted by atomic mass is 10.3. The molecule has 1 aliphatic rings. The van der Waals surface area contributed by atoms with Crippen LogP contribution in [0.25, 0.3) is 0 Å². The molecule has 0 atom stereocenters. The predicted octanol–water partition coefficient (Wildman–Crippen LogP) is -0.145. The third kappa shape index (κ3) is 5.02. The average Bonchev–Trinajstić information content (AvgIpc) is 2.82. The monoisotopic (exact) mass is 294 g/mol. The van der Waals surface area contributed by atoms with Crippen molar-refractivity contribution in [3.8, 4) is 0 Å². The van der Waals surface area contributed by atoms with Gasteiger partial charge in [-0.25, -0.2) is 4.99 Å². The van der Waals surface area contributed by atoms with Crippen LogP contribution in [0.4, 0.5) is 0 Å². The van der Waals surface area contributed by atoms with Crippen LogP contribution in [-0.4, -0.2) is 60.0 Å². The molecule has 0 aromatic carbocycles. The van der Waals surface area contributed by atoms with E-state index in [0.29, 0.717) is 12.5 Å². The summed E-state index contributed by atoms with van der Waals surface area (Å²) in [7, 11) is 1.93. The van der Waals surface area contributed by atoms with Crippen LogP contribution in [-0.2, 0) is 18.3 Å². The Labute approximate surface area is 126 Å². The minimum atomic E-state index is 0.500. The zero-order valence-electron chi connectivity index (χ0n) is 13.0. The number of hydrogen-bond donors (Lipinski definition) is 2. The number of rotatable bonds is 6. The summed E-state index contributed by atoms with van der Waals surface area (Å²) in [5.74, 6) is 0.500. The minimum absolute atomic E-state index is 0.500. The molecule has 2 rings (SSSR count). The molecule has 1 saturated heterocycles. The second-order valence-electron chi connectivity index (χ2n) is 5.31. The number of nitrogens with zero attached hydrogens (tertiary/aromatic N) is 4. The summed E-state index contributed by atoms with van der Waals surface area (Å²) < 4.78 is 7.17. The summed E-state index contributed by atoms with van der Waals surface area (Å²) in [6, 6.07) is 0. The lowest BCUT2D eigenvalue weighted by Gasteiger charge is -2.26. The van der Waals surface area contributed by atoms with Crippen molar-refractivity contribution in [2.75, 3.05) is 39.4 Å². The molecule has 3 N–H and O–H groups in total. The van der Waals surface area contributed by atoms with E-state index >= 15 is 0 Å². The molecule has 2 heterocycles. The summed E-state index contributed by atoms with van der Waals surface area (Å²) in [6.07, 6.45) is 2.90. The Hall–Kier alpha value is -1.60. The number of aromatic nitrogens is 2. The first-order valence-electron chi connectivity index (χ1n) is 7.48. The van der Waals surface area contributed by atoms with Gasteiger partial charge in [0.2, 0.25) is 0 Å². The van der Waals surface area contributed by atoms with E-state index in [2.05, 4.69) is 20.3 Å². The average molecular weight is 294 g/mol. The molecular formula is C14H26N6O. The molecule has 7 heteroatoms. The first-order chi connectivity index (χ1) is 10.2. The van der Waals surface area contributed by atoms with Crippen molar-refractivity contribution < 1.29 is 4.74 Å². The minimum Gasteiger partial charge on any atom is -0.379 e. The summed E-state index contributed by atoms with van der Waals surface area (Å²) in [5, 5.41) is 7.35. The number of nitrogens with two attached hydrogens (primary N) is 1. The van der Waals surface area contributed by atoms with Gasteiger partial charge in [0.15, 0.2) is 5.96 Å². The van der Waals surface area contributed by atoms with Crippen molar-refractivity contribution in [2.24, 2.45) is 17.8 Å². The molecular weight excluding hydrogens is 268 g/mol. The number of guanidine groups is 1. The van der Waals surface area contributed by atoms with Crippen molar-refractivity contribution in [3.05, 3.63) is 17.5 Å².